The molecule has 0 aromatic heterocycles. The minimum atomic E-state index is -1.97. The van der Waals surface area contributed by atoms with E-state index in [2.05, 4.69) is 4.74 Å². The van der Waals surface area contributed by atoms with E-state index in [9.17, 15) is 19.2 Å². The van der Waals surface area contributed by atoms with Crippen molar-refractivity contribution in [2.45, 2.75) is 38.9 Å². The van der Waals surface area contributed by atoms with Gasteiger partial charge in [-0.1, -0.05) is 0 Å². The molecule has 0 saturated carbocycles. The fraction of sp³-hybridized carbons (Fsp3) is 0.600. The van der Waals surface area contributed by atoms with Gasteiger partial charge >= 0.3 is 23.9 Å². The van der Waals surface area contributed by atoms with Crippen LogP contribution in [0.3, 0.4) is 0 Å². The maximum Gasteiger partial charge on any atom is 0.363 e. The van der Waals surface area contributed by atoms with Crippen LogP contribution in [0.1, 0.15) is 27.7 Å². The average Bonchev–Trinajstić information content (AvgIpc) is 2.26. The summed E-state index contributed by atoms with van der Waals surface area (Å²) in [5.41, 5.74) is -3.94. The van der Waals surface area contributed by atoms with E-state index in [-0.39, 0.29) is 0 Å². The van der Waals surface area contributed by atoms with Gasteiger partial charge in [0.05, 0.1) is 0 Å². The summed E-state index contributed by atoms with van der Waals surface area (Å²) in [6.07, 6.45) is 0. The Hall–Kier alpha value is -1.92. The van der Waals surface area contributed by atoms with Crippen LogP contribution in [0.2, 0.25) is 0 Å². The second-order valence-corrected chi connectivity index (χ2v) is 3.93. The van der Waals surface area contributed by atoms with Gasteiger partial charge in [0.15, 0.2) is 0 Å². The molecule has 7 nitrogen and oxygen atoms in total. The third-order valence-electron chi connectivity index (χ3n) is 2.57. The summed E-state index contributed by atoms with van der Waals surface area (Å²) in [6.45, 7) is 4.44. The van der Waals surface area contributed by atoms with Crippen molar-refractivity contribution in [3.05, 3.63) is 0 Å². The van der Waals surface area contributed by atoms with E-state index >= 15 is 0 Å². The van der Waals surface area contributed by atoms with Gasteiger partial charge in [0, 0.05) is 13.8 Å². The van der Waals surface area contributed by atoms with Crippen molar-refractivity contribution in [1.82, 2.24) is 0 Å². The van der Waals surface area contributed by atoms with Gasteiger partial charge in [-0.25, -0.2) is 9.59 Å². The molecule has 1 heterocycles. The summed E-state index contributed by atoms with van der Waals surface area (Å²) in [5, 5.41) is 0. The van der Waals surface area contributed by atoms with Gasteiger partial charge in [0.2, 0.25) is 0 Å². The predicted molar refractivity (Wildman–Crippen MR) is 51.4 cm³/mol. The molecule has 0 aromatic carbocycles. The first-order valence-electron chi connectivity index (χ1n) is 4.79. The van der Waals surface area contributed by atoms with E-state index in [1.807, 2.05) is 0 Å². The second-order valence-electron chi connectivity index (χ2n) is 3.93. The Bertz CT molecular complexity index is 375. The molecule has 1 aliphatic heterocycles. The first kappa shape index (κ1) is 13.1. The number of ether oxygens (including phenoxy) is 3. The molecule has 0 unspecified atom stereocenters. The lowest BCUT2D eigenvalue weighted by atomic mass is 9.88. The molecule has 1 saturated heterocycles. The van der Waals surface area contributed by atoms with E-state index < -0.39 is 35.1 Å². The third kappa shape index (κ3) is 1.88. The molecule has 2 atom stereocenters. The highest BCUT2D eigenvalue weighted by atomic mass is 16.7. The normalized spacial score (nSPS) is 32.0. The fourth-order valence-corrected chi connectivity index (χ4v) is 1.52. The first-order chi connectivity index (χ1) is 7.63. The van der Waals surface area contributed by atoms with Crippen molar-refractivity contribution in [2.24, 2.45) is 0 Å². The zero-order chi connectivity index (χ0) is 13.4. The summed E-state index contributed by atoms with van der Waals surface area (Å²) in [4.78, 5) is 45.0. The SMILES string of the molecule is CC(=O)O[C@]1(C)C(=O)OC(=O)[C@@]1(C)OC(C)=O. The topological polar surface area (TPSA) is 96.0 Å². The molecule has 0 radical (unpaired) electrons. The van der Waals surface area contributed by atoms with E-state index in [0.717, 1.165) is 27.7 Å². The Morgan fingerprint density at radius 3 is 1.47 bits per heavy atom. The Morgan fingerprint density at radius 2 is 1.24 bits per heavy atom. The van der Waals surface area contributed by atoms with E-state index in [0.29, 0.717) is 0 Å². The monoisotopic (exact) mass is 244 g/mol. The van der Waals surface area contributed by atoms with Crippen LogP contribution in [0.25, 0.3) is 0 Å². The van der Waals surface area contributed by atoms with Gasteiger partial charge in [0.25, 0.3) is 11.2 Å². The van der Waals surface area contributed by atoms with Crippen LogP contribution in [0.5, 0.6) is 0 Å². The van der Waals surface area contributed by atoms with Crippen LogP contribution in [0, 0.1) is 0 Å². The molecular formula is C10H12O7. The molecule has 17 heavy (non-hydrogen) atoms. The summed E-state index contributed by atoms with van der Waals surface area (Å²) in [7, 11) is 0. The van der Waals surface area contributed by atoms with E-state index in [1.165, 1.54) is 0 Å². The van der Waals surface area contributed by atoms with Gasteiger partial charge in [0.1, 0.15) is 0 Å². The van der Waals surface area contributed by atoms with Crippen LogP contribution in [0.15, 0.2) is 0 Å². The highest BCUT2D eigenvalue weighted by Gasteiger charge is 2.69. The lowest BCUT2D eigenvalue weighted by molar-refractivity contribution is -0.197. The van der Waals surface area contributed by atoms with Crippen LogP contribution in [-0.2, 0) is 33.4 Å². The summed E-state index contributed by atoms with van der Waals surface area (Å²) in [5.74, 6) is -3.72. The fourth-order valence-electron chi connectivity index (χ4n) is 1.52. The Morgan fingerprint density at radius 1 is 0.941 bits per heavy atom. The minimum absolute atomic E-state index is 0.794. The molecule has 7 heteroatoms. The van der Waals surface area contributed by atoms with Gasteiger partial charge in [-0.2, -0.15) is 0 Å². The largest absolute Gasteiger partial charge is 0.442 e. The second kappa shape index (κ2) is 3.83. The summed E-state index contributed by atoms with van der Waals surface area (Å²) < 4.78 is 13.9. The summed E-state index contributed by atoms with van der Waals surface area (Å²) in [6, 6.07) is 0. The number of hydrogen-bond acceptors (Lipinski definition) is 7. The van der Waals surface area contributed by atoms with Crippen LogP contribution in [-0.4, -0.2) is 35.1 Å². The molecule has 0 N–H and O–H groups in total. The lowest BCUT2D eigenvalue weighted by Gasteiger charge is -2.32. The number of esters is 4. The molecule has 0 bridgehead atoms. The molecule has 94 valence electrons. The van der Waals surface area contributed by atoms with Crippen molar-refractivity contribution in [3.63, 3.8) is 0 Å². The van der Waals surface area contributed by atoms with Crippen molar-refractivity contribution in [3.8, 4) is 0 Å². The molecule has 0 amide bonds. The van der Waals surface area contributed by atoms with Gasteiger partial charge in [-0.05, 0) is 13.8 Å². The van der Waals surface area contributed by atoms with Gasteiger partial charge < -0.3 is 14.2 Å². The summed E-state index contributed by atoms with van der Waals surface area (Å²) >= 11 is 0. The number of hydrogen-bond donors (Lipinski definition) is 0. The van der Waals surface area contributed by atoms with Gasteiger partial charge in [-0.15, -0.1) is 0 Å². The minimum Gasteiger partial charge on any atom is -0.442 e. The van der Waals surface area contributed by atoms with Crippen LogP contribution >= 0.6 is 0 Å². The van der Waals surface area contributed by atoms with Crippen LogP contribution < -0.4 is 0 Å². The molecule has 0 aliphatic carbocycles. The zero-order valence-electron chi connectivity index (χ0n) is 9.86. The van der Waals surface area contributed by atoms with Crippen molar-refractivity contribution >= 4 is 23.9 Å². The van der Waals surface area contributed by atoms with Crippen molar-refractivity contribution < 1.29 is 33.4 Å². The van der Waals surface area contributed by atoms with Crippen LogP contribution in [0.4, 0.5) is 0 Å². The number of cyclic esters (lactones) is 2. The standard InChI is InChI=1S/C10H12O7/c1-5(11)16-9(3)7(13)15-8(14)10(9,4)17-6(2)12/h1-4H3/t9-,10-/m1/s1. The van der Waals surface area contributed by atoms with Gasteiger partial charge in [-0.3, -0.25) is 9.59 Å². The lowest BCUT2D eigenvalue weighted by Crippen LogP contribution is -2.57. The molecule has 1 rings (SSSR count). The average molecular weight is 244 g/mol. The van der Waals surface area contributed by atoms with Crippen molar-refractivity contribution in [1.29, 1.82) is 0 Å². The molecule has 0 spiro atoms. The smallest absolute Gasteiger partial charge is 0.363 e. The van der Waals surface area contributed by atoms with Crippen molar-refractivity contribution in [2.75, 3.05) is 0 Å². The number of carbonyl (C=O) groups is 4. The highest BCUT2D eigenvalue weighted by molar-refractivity contribution is 6.06. The Balaban J connectivity index is 3.22. The maximum atomic E-state index is 11.5. The molecule has 0 aromatic rings. The molecule has 1 fully saturated rings. The highest BCUT2D eigenvalue weighted by Crippen LogP contribution is 2.38. The Kier molecular flexibility index (Phi) is 2.96. The van der Waals surface area contributed by atoms with E-state index in [4.69, 9.17) is 9.47 Å². The third-order valence-corrected chi connectivity index (χ3v) is 2.57. The Labute approximate surface area is 97.0 Å². The number of rotatable bonds is 2. The quantitative estimate of drug-likeness (QED) is 0.374. The number of carbonyl (C=O) groups excluding carboxylic acids is 4. The van der Waals surface area contributed by atoms with E-state index in [1.54, 1.807) is 0 Å². The maximum absolute atomic E-state index is 11.5. The zero-order valence-corrected chi connectivity index (χ0v) is 9.86. The molecular weight excluding hydrogens is 232 g/mol. The molecule has 1 aliphatic rings. The first-order valence-corrected chi connectivity index (χ1v) is 4.79. The predicted octanol–water partition coefficient (Wildman–Crippen LogP) is -0.287.